The molecule has 3 aliphatic rings. The number of hydrogen-bond donors (Lipinski definition) is 1. The van der Waals surface area contributed by atoms with Crippen molar-refractivity contribution in [3.63, 3.8) is 0 Å². The number of hydrogen-bond acceptors (Lipinski definition) is 2. The Kier molecular flexibility index (Phi) is 1.59. The summed E-state index contributed by atoms with van der Waals surface area (Å²) in [6, 6.07) is 0. The Morgan fingerprint density at radius 1 is 1.58 bits per heavy atom. The molecule has 0 saturated heterocycles. The molecule has 3 rings (SSSR count). The van der Waals surface area contributed by atoms with Gasteiger partial charge in [0.25, 0.3) is 0 Å². The molecule has 0 aromatic heterocycles. The van der Waals surface area contributed by atoms with Gasteiger partial charge < -0.3 is 5.11 Å². The summed E-state index contributed by atoms with van der Waals surface area (Å²) in [6.07, 6.45) is 1.86. The van der Waals surface area contributed by atoms with Gasteiger partial charge in [-0.1, -0.05) is 13.8 Å². The van der Waals surface area contributed by atoms with Crippen LogP contribution < -0.4 is 0 Å². The van der Waals surface area contributed by atoms with E-state index in [1.165, 1.54) is 0 Å². The van der Waals surface area contributed by atoms with E-state index in [0.717, 1.165) is 6.42 Å². The minimum absolute atomic E-state index is 0.0509. The van der Waals surface area contributed by atoms with Gasteiger partial charge in [0.2, 0.25) is 0 Å². The number of aliphatic hydroxyl groups excluding tert-OH is 1. The van der Waals surface area contributed by atoms with Crippen LogP contribution in [0.1, 0.15) is 26.7 Å². The SMILES string of the molecule is CC1(C)C2CC(=O)C(CO)C1C2. The molecule has 3 unspecified atom stereocenters. The van der Waals surface area contributed by atoms with Gasteiger partial charge in [0, 0.05) is 12.3 Å². The van der Waals surface area contributed by atoms with Crippen LogP contribution in [0, 0.1) is 23.2 Å². The molecule has 0 spiro atoms. The molecule has 0 amide bonds. The zero-order valence-corrected chi connectivity index (χ0v) is 7.71. The molecule has 12 heavy (non-hydrogen) atoms. The summed E-state index contributed by atoms with van der Waals surface area (Å²) in [5.74, 6) is 1.29. The van der Waals surface area contributed by atoms with Gasteiger partial charge in [0.05, 0.1) is 6.61 Å². The Bertz CT molecular complexity index is 220. The highest BCUT2D eigenvalue weighted by molar-refractivity contribution is 5.83. The van der Waals surface area contributed by atoms with Crippen LogP contribution in [0.15, 0.2) is 0 Å². The lowest BCUT2D eigenvalue weighted by Crippen LogP contribution is -2.56. The molecule has 0 heterocycles. The van der Waals surface area contributed by atoms with E-state index in [1.807, 2.05) is 0 Å². The highest BCUT2D eigenvalue weighted by Crippen LogP contribution is 2.59. The largest absolute Gasteiger partial charge is 0.396 e. The average Bonchev–Trinajstić information content (AvgIpc) is 2.03. The molecule has 0 aliphatic heterocycles. The average molecular weight is 168 g/mol. The zero-order valence-electron chi connectivity index (χ0n) is 7.71. The standard InChI is InChI=1S/C10H16O2/c1-10(2)6-3-8(10)7(5-11)9(12)4-6/h6-8,11H,3-5H2,1-2H3. The molecule has 0 aromatic rings. The van der Waals surface area contributed by atoms with Crippen LogP contribution in [-0.4, -0.2) is 17.5 Å². The first kappa shape index (κ1) is 8.24. The number of aliphatic hydroxyl groups is 1. The van der Waals surface area contributed by atoms with E-state index < -0.39 is 0 Å². The molecule has 2 bridgehead atoms. The minimum Gasteiger partial charge on any atom is -0.396 e. The highest BCUT2D eigenvalue weighted by Gasteiger charge is 2.57. The molecule has 0 aromatic carbocycles. The van der Waals surface area contributed by atoms with E-state index in [4.69, 9.17) is 5.11 Å². The van der Waals surface area contributed by atoms with Crippen LogP contribution in [-0.2, 0) is 4.79 Å². The lowest BCUT2D eigenvalue weighted by Gasteiger charge is -2.58. The molecule has 1 N–H and O–H groups in total. The molecule has 68 valence electrons. The van der Waals surface area contributed by atoms with Crippen molar-refractivity contribution in [1.82, 2.24) is 0 Å². The summed E-state index contributed by atoms with van der Waals surface area (Å²) in [6.45, 7) is 4.50. The minimum atomic E-state index is -0.0509. The lowest BCUT2D eigenvalue weighted by atomic mass is 9.45. The van der Waals surface area contributed by atoms with Crippen molar-refractivity contribution in [1.29, 1.82) is 0 Å². The van der Waals surface area contributed by atoms with Crippen LogP contribution in [0.2, 0.25) is 0 Å². The summed E-state index contributed by atoms with van der Waals surface area (Å²) in [4.78, 5) is 11.4. The number of ketones is 1. The van der Waals surface area contributed by atoms with Gasteiger partial charge in [-0.25, -0.2) is 0 Å². The van der Waals surface area contributed by atoms with Crippen LogP contribution in [0.25, 0.3) is 0 Å². The van der Waals surface area contributed by atoms with Gasteiger partial charge in [-0.05, 0) is 23.7 Å². The molecule has 3 atom stereocenters. The fourth-order valence-electron chi connectivity index (χ4n) is 2.93. The summed E-state index contributed by atoms with van der Waals surface area (Å²) < 4.78 is 0. The van der Waals surface area contributed by atoms with Crippen LogP contribution in [0.5, 0.6) is 0 Å². The second-order valence-corrected chi connectivity index (χ2v) is 4.82. The lowest BCUT2D eigenvalue weighted by molar-refractivity contribution is -0.158. The van der Waals surface area contributed by atoms with Crippen LogP contribution >= 0.6 is 0 Å². The molecule has 3 aliphatic carbocycles. The second kappa shape index (κ2) is 2.32. The quantitative estimate of drug-likeness (QED) is 0.639. The smallest absolute Gasteiger partial charge is 0.138 e. The zero-order chi connectivity index (χ0) is 8.93. The maximum absolute atomic E-state index is 11.4. The summed E-state index contributed by atoms with van der Waals surface area (Å²) >= 11 is 0. The Morgan fingerprint density at radius 3 is 2.67 bits per heavy atom. The van der Waals surface area contributed by atoms with E-state index >= 15 is 0 Å². The predicted molar refractivity (Wildman–Crippen MR) is 45.6 cm³/mol. The molecule has 3 saturated carbocycles. The van der Waals surface area contributed by atoms with Crippen molar-refractivity contribution in [3.05, 3.63) is 0 Å². The topological polar surface area (TPSA) is 37.3 Å². The van der Waals surface area contributed by atoms with Gasteiger partial charge in [-0.3, -0.25) is 4.79 Å². The molecular weight excluding hydrogens is 152 g/mol. The normalized spacial score (nSPS) is 43.9. The molecule has 2 nitrogen and oxygen atoms in total. The number of rotatable bonds is 1. The van der Waals surface area contributed by atoms with E-state index in [9.17, 15) is 4.79 Å². The molecule has 0 radical (unpaired) electrons. The van der Waals surface area contributed by atoms with Gasteiger partial charge in [0.15, 0.2) is 0 Å². The highest BCUT2D eigenvalue weighted by atomic mass is 16.3. The number of Topliss-reactive ketones (excluding diaryl/α,β-unsaturated/α-hetero) is 1. The van der Waals surface area contributed by atoms with Crippen LogP contribution in [0.4, 0.5) is 0 Å². The Hall–Kier alpha value is -0.370. The number of carbonyl (C=O) groups is 1. The van der Waals surface area contributed by atoms with Crippen molar-refractivity contribution in [2.24, 2.45) is 23.2 Å². The van der Waals surface area contributed by atoms with Gasteiger partial charge in [-0.2, -0.15) is 0 Å². The fourth-order valence-corrected chi connectivity index (χ4v) is 2.93. The Balaban J connectivity index is 2.20. The van der Waals surface area contributed by atoms with E-state index in [-0.39, 0.29) is 18.3 Å². The first-order chi connectivity index (χ1) is 5.57. The van der Waals surface area contributed by atoms with Crippen molar-refractivity contribution in [2.75, 3.05) is 6.61 Å². The Labute approximate surface area is 73.0 Å². The van der Waals surface area contributed by atoms with E-state index in [0.29, 0.717) is 23.7 Å². The fraction of sp³-hybridized carbons (Fsp3) is 0.900. The number of fused-ring (bicyclic) bond motifs is 2. The maximum atomic E-state index is 11.4. The molecular formula is C10H16O2. The first-order valence-electron chi connectivity index (χ1n) is 4.71. The van der Waals surface area contributed by atoms with Gasteiger partial charge >= 0.3 is 0 Å². The Morgan fingerprint density at radius 2 is 2.25 bits per heavy atom. The van der Waals surface area contributed by atoms with E-state index in [2.05, 4.69) is 13.8 Å². The monoisotopic (exact) mass is 168 g/mol. The summed E-state index contributed by atoms with van der Waals surface area (Å²) in [7, 11) is 0. The van der Waals surface area contributed by atoms with Crippen molar-refractivity contribution in [3.8, 4) is 0 Å². The number of carbonyl (C=O) groups excluding carboxylic acids is 1. The molecule has 3 fully saturated rings. The third-order valence-corrected chi connectivity index (χ3v) is 4.09. The van der Waals surface area contributed by atoms with Crippen LogP contribution in [0.3, 0.4) is 0 Å². The maximum Gasteiger partial charge on any atom is 0.138 e. The first-order valence-corrected chi connectivity index (χ1v) is 4.71. The van der Waals surface area contributed by atoms with Crippen molar-refractivity contribution in [2.45, 2.75) is 26.7 Å². The van der Waals surface area contributed by atoms with Gasteiger partial charge in [-0.15, -0.1) is 0 Å². The van der Waals surface area contributed by atoms with E-state index in [1.54, 1.807) is 0 Å². The third kappa shape index (κ3) is 0.817. The predicted octanol–water partition coefficient (Wildman–Crippen LogP) is 1.23. The second-order valence-electron chi connectivity index (χ2n) is 4.82. The van der Waals surface area contributed by atoms with Gasteiger partial charge in [0.1, 0.15) is 5.78 Å². The van der Waals surface area contributed by atoms with Crippen molar-refractivity contribution >= 4 is 5.78 Å². The summed E-state index contributed by atoms with van der Waals surface area (Å²) in [5.41, 5.74) is 0.307. The third-order valence-electron chi connectivity index (χ3n) is 4.09. The van der Waals surface area contributed by atoms with Crippen molar-refractivity contribution < 1.29 is 9.90 Å². The molecule has 2 heteroatoms. The summed E-state index contributed by atoms with van der Waals surface area (Å²) in [5, 5.41) is 9.07.